The van der Waals surface area contributed by atoms with Crippen molar-refractivity contribution in [2.75, 3.05) is 11.4 Å². The van der Waals surface area contributed by atoms with Crippen LogP contribution in [0.3, 0.4) is 0 Å². The third kappa shape index (κ3) is 2.44. The van der Waals surface area contributed by atoms with E-state index in [1.165, 1.54) is 6.07 Å². The second-order valence-corrected chi connectivity index (χ2v) is 5.14. The van der Waals surface area contributed by atoms with E-state index >= 15 is 0 Å². The van der Waals surface area contributed by atoms with Crippen molar-refractivity contribution in [3.05, 3.63) is 30.1 Å². The lowest BCUT2D eigenvalue weighted by atomic mass is 10.2. The van der Waals surface area contributed by atoms with Crippen molar-refractivity contribution in [1.82, 2.24) is 9.97 Å². The summed E-state index contributed by atoms with van der Waals surface area (Å²) in [6.45, 7) is 0.436. The number of aromatic nitrogens is 2. The molecule has 0 spiro atoms. The van der Waals surface area contributed by atoms with Gasteiger partial charge in [0.1, 0.15) is 11.9 Å². The van der Waals surface area contributed by atoms with Crippen LogP contribution in [0.2, 0.25) is 0 Å². The molecular weight excluding hydrogens is 297 g/mol. The summed E-state index contributed by atoms with van der Waals surface area (Å²) < 4.78 is 39.0. The number of nitrogens with two attached hydrogens (primary N) is 1. The number of alkyl halides is 3. The highest BCUT2D eigenvalue weighted by Gasteiger charge is 2.38. The van der Waals surface area contributed by atoms with E-state index in [0.717, 1.165) is 0 Å². The number of para-hydroxylation sites is 1. The van der Waals surface area contributed by atoms with Crippen LogP contribution >= 0.6 is 0 Å². The minimum Gasteiger partial charge on any atom is -0.368 e. The Morgan fingerprint density at radius 3 is 2.68 bits per heavy atom. The molecule has 2 aromatic rings. The van der Waals surface area contributed by atoms with Gasteiger partial charge in [-0.15, -0.1) is 0 Å². The fraction of sp³-hybridized carbons (Fsp3) is 0.357. The molecule has 0 radical (unpaired) electrons. The molecule has 0 bridgehead atoms. The molecule has 1 saturated heterocycles. The number of halogens is 3. The molecule has 1 aromatic heterocycles. The highest BCUT2D eigenvalue weighted by atomic mass is 19.4. The zero-order chi connectivity index (χ0) is 15.9. The normalized spacial score (nSPS) is 18.9. The Bertz CT molecular complexity index is 732. The Labute approximate surface area is 123 Å². The number of nitrogens with zero attached hydrogens (tertiary/aromatic N) is 3. The number of benzene rings is 1. The van der Waals surface area contributed by atoms with Gasteiger partial charge in [-0.05, 0) is 25.0 Å². The number of fused-ring (bicyclic) bond motifs is 1. The maximum atomic E-state index is 13.0. The molecule has 3 rings (SSSR count). The van der Waals surface area contributed by atoms with Crippen LogP contribution in [0.15, 0.2) is 24.3 Å². The summed E-state index contributed by atoms with van der Waals surface area (Å²) in [5.41, 5.74) is 5.54. The minimum absolute atomic E-state index is 0.110. The van der Waals surface area contributed by atoms with E-state index in [4.69, 9.17) is 5.73 Å². The molecule has 0 unspecified atom stereocenters. The molecule has 1 atom stereocenters. The van der Waals surface area contributed by atoms with Gasteiger partial charge in [-0.1, -0.05) is 12.1 Å². The van der Waals surface area contributed by atoms with Crippen LogP contribution in [-0.4, -0.2) is 28.5 Å². The monoisotopic (exact) mass is 310 g/mol. The van der Waals surface area contributed by atoms with Crippen LogP contribution in [0.1, 0.15) is 18.7 Å². The largest absolute Gasteiger partial charge is 0.451 e. The number of hydrogen-bond donors (Lipinski definition) is 1. The Morgan fingerprint density at radius 2 is 2.00 bits per heavy atom. The van der Waals surface area contributed by atoms with Crippen LogP contribution in [0.5, 0.6) is 0 Å². The molecule has 8 heteroatoms. The molecule has 22 heavy (non-hydrogen) atoms. The van der Waals surface area contributed by atoms with Gasteiger partial charge in [-0.3, -0.25) is 4.79 Å². The summed E-state index contributed by atoms with van der Waals surface area (Å²) in [5.74, 6) is -1.66. The van der Waals surface area contributed by atoms with E-state index in [-0.39, 0.29) is 11.3 Å². The van der Waals surface area contributed by atoms with Crippen LogP contribution in [0.25, 0.3) is 10.9 Å². The zero-order valence-corrected chi connectivity index (χ0v) is 11.5. The molecule has 1 aliphatic rings. The van der Waals surface area contributed by atoms with Gasteiger partial charge in [0.05, 0.1) is 5.52 Å². The Hall–Kier alpha value is -2.38. The van der Waals surface area contributed by atoms with Gasteiger partial charge in [0.15, 0.2) is 0 Å². The Balaban J connectivity index is 2.21. The quantitative estimate of drug-likeness (QED) is 0.922. The van der Waals surface area contributed by atoms with Crippen molar-refractivity contribution in [2.45, 2.75) is 25.1 Å². The van der Waals surface area contributed by atoms with Gasteiger partial charge in [0.2, 0.25) is 11.7 Å². The average molecular weight is 310 g/mol. The Kier molecular flexibility index (Phi) is 3.38. The third-order valence-electron chi connectivity index (χ3n) is 3.69. The lowest BCUT2D eigenvalue weighted by Crippen LogP contribution is -2.41. The molecule has 1 fully saturated rings. The summed E-state index contributed by atoms with van der Waals surface area (Å²) in [5, 5.41) is 0.476. The van der Waals surface area contributed by atoms with Crippen LogP contribution in [-0.2, 0) is 11.0 Å². The lowest BCUT2D eigenvalue weighted by molar-refractivity contribution is -0.144. The number of amides is 1. The van der Waals surface area contributed by atoms with Crippen molar-refractivity contribution in [3.8, 4) is 0 Å². The number of anilines is 1. The molecule has 2 heterocycles. The zero-order valence-electron chi connectivity index (χ0n) is 11.5. The fourth-order valence-corrected chi connectivity index (χ4v) is 2.72. The smallest absolute Gasteiger partial charge is 0.368 e. The molecule has 1 aromatic carbocycles. The van der Waals surface area contributed by atoms with Crippen molar-refractivity contribution in [3.63, 3.8) is 0 Å². The van der Waals surface area contributed by atoms with Gasteiger partial charge >= 0.3 is 6.18 Å². The minimum atomic E-state index is -4.65. The molecule has 5 nitrogen and oxygen atoms in total. The molecule has 2 N–H and O–H groups in total. The summed E-state index contributed by atoms with van der Waals surface area (Å²) in [7, 11) is 0. The van der Waals surface area contributed by atoms with Gasteiger partial charge in [-0.2, -0.15) is 13.2 Å². The highest BCUT2D eigenvalue weighted by molar-refractivity contribution is 5.93. The fourth-order valence-electron chi connectivity index (χ4n) is 2.72. The van der Waals surface area contributed by atoms with E-state index < -0.39 is 23.9 Å². The number of carbonyl (C=O) groups is 1. The lowest BCUT2D eigenvalue weighted by Gasteiger charge is -2.25. The van der Waals surface area contributed by atoms with E-state index in [2.05, 4.69) is 9.97 Å². The van der Waals surface area contributed by atoms with Gasteiger partial charge in [-0.25, -0.2) is 9.97 Å². The maximum Gasteiger partial charge on any atom is 0.451 e. The average Bonchev–Trinajstić information content (AvgIpc) is 2.94. The van der Waals surface area contributed by atoms with Gasteiger partial charge in [0.25, 0.3) is 0 Å². The first-order chi connectivity index (χ1) is 10.4. The standard InChI is InChI=1S/C14H13F3N4O/c15-14(16,17)13-19-9-5-2-1-4-8(9)12(20-13)21-7-3-6-10(21)11(18)22/h1-2,4-5,10H,3,6-7H2,(H2,18,22)/t10-/m0/s1. The third-order valence-corrected chi connectivity index (χ3v) is 3.69. The summed E-state index contributed by atoms with van der Waals surface area (Å²) >= 11 is 0. The van der Waals surface area contributed by atoms with Crippen molar-refractivity contribution >= 4 is 22.6 Å². The second-order valence-electron chi connectivity index (χ2n) is 5.14. The van der Waals surface area contributed by atoms with Gasteiger partial charge < -0.3 is 10.6 Å². The van der Waals surface area contributed by atoms with E-state index in [1.807, 2.05) is 0 Å². The van der Waals surface area contributed by atoms with Gasteiger partial charge in [0, 0.05) is 11.9 Å². The predicted molar refractivity (Wildman–Crippen MR) is 74.1 cm³/mol. The summed E-state index contributed by atoms with van der Waals surface area (Å²) in [6.07, 6.45) is -3.47. The first kappa shape index (κ1) is 14.6. The molecule has 1 aliphatic heterocycles. The molecule has 1 amide bonds. The number of hydrogen-bond acceptors (Lipinski definition) is 4. The highest BCUT2D eigenvalue weighted by Crippen LogP contribution is 2.34. The van der Waals surface area contributed by atoms with Crippen molar-refractivity contribution in [2.24, 2.45) is 5.73 Å². The maximum absolute atomic E-state index is 13.0. The molecule has 0 saturated carbocycles. The SMILES string of the molecule is NC(=O)[C@@H]1CCCN1c1nc(C(F)(F)F)nc2ccccc12. The number of carbonyl (C=O) groups excluding carboxylic acids is 1. The molecular formula is C14H13F3N4O. The first-order valence-electron chi connectivity index (χ1n) is 6.78. The Morgan fingerprint density at radius 1 is 1.27 bits per heavy atom. The van der Waals surface area contributed by atoms with Crippen LogP contribution in [0.4, 0.5) is 19.0 Å². The summed E-state index contributed by atoms with van der Waals surface area (Å²) in [6, 6.07) is 5.79. The second kappa shape index (κ2) is 5.11. The van der Waals surface area contributed by atoms with Crippen molar-refractivity contribution < 1.29 is 18.0 Å². The topological polar surface area (TPSA) is 72.1 Å². The van der Waals surface area contributed by atoms with E-state index in [1.54, 1.807) is 23.1 Å². The summed E-state index contributed by atoms with van der Waals surface area (Å²) in [4.78, 5) is 20.3. The number of primary amides is 1. The predicted octanol–water partition coefficient (Wildman–Crippen LogP) is 2.10. The van der Waals surface area contributed by atoms with Crippen LogP contribution in [0, 0.1) is 0 Å². The first-order valence-corrected chi connectivity index (χ1v) is 6.78. The molecule has 116 valence electrons. The van der Waals surface area contributed by atoms with Crippen LogP contribution < -0.4 is 10.6 Å². The van der Waals surface area contributed by atoms with E-state index in [9.17, 15) is 18.0 Å². The van der Waals surface area contributed by atoms with Crippen molar-refractivity contribution in [1.29, 1.82) is 0 Å². The van der Waals surface area contributed by atoms with E-state index in [0.29, 0.717) is 24.8 Å². The molecule has 0 aliphatic carbocycles. The number of rotatable bonds is 2.